The van der Waals surface area contributed by atoms with Crippen LogP contribution >= 0.6 is 23.8 Å². The van der Waals surface area contributed by atoms with Crippen molar-refractivity contribution >= 4 is 23.8 Å². The van der Waals surface area contributed by atoms with Gasteiger partial charge < -0.3 is 10.1 Å². The van der Waals surface area contributed by atoms with Crippen molar-refractivity contribution in [2.24, 2.45) is 0 Å². The van der Waals surface area contributed by atoms with Crippen molar-refractivity contribution in [1.82, 2.24) is 20.5 Å². The summed E-state index contributed by atoms with van der Waals surface area (Å²) >= 11 is 10.7. The number of nitrogens with one attached hydrogen (secondary N) is 3. The molecule has 0 radical (unpaired) electrons. The lowest BCUT2D eigenvalue weighted by Crippen LogP contribution is -2.21. The number of aromatic amines is 2. The van der Waals surface area contributed by atoms with Gasteiger partial charge in [-0.1, -0.05) is 30.2 Å². The molecule has 2 aromatic rings. The van der Waals surface area contributed by atoms with Gasteiger partial charge in [0.1, 0.15) is 12.4 Å². The quantitative estimate of drug-likeness (QED) is 0.756. The van der Waals surface area contributed by atoms with Crippen LogP contribution in [0.1, 0.15) is 25.1 Å². The van der Waals surface area contributed by atoms with E-state index in [1.165, 1.54) is 32.4 Å². The van der Waals surface area contributed by atoms with Gasteiger partial charge in [-0.3, -0.25) is 10.2 Å². The Labute approximate surface area is 134 Å². The molecule has 1 aromatic carbocycles. The number of hydrogen-bond donors (Lipinski definition) is 3. The van der Waals surface area contributed by atoms with E-state index in [-0.39, 0.29) is 0 Å². The summed E-state index contributed by atoms with van der Waals surface area (Å²) in [5, 5.41) is 9.33. The van der Waals surface area contributed by atoms with Crippen LogP contribution in [0.3, 0.4) is 0 Å². The summed E-state index contributed by atoms with van der Waals surface area (Å²) in [5.74, 6) is 1.27. The highest BCUT2D eigenvalue weighted by atomic mass is 35.5. The van der Waals surface area contributed by atoms with Gasteiger partial charge in [0.25, 0.3) is 0 Å². The summed E-state index contributed by atoms with van der Waals surface area (Å²) in [6.07, 6.45) is 4.22. The second-order valence-corrected chi connectivity index (χ2v) is 5.44. The summed E-state index contributed by atoms with van der Waals surface area (Å²) in [4.78, 5) is 3.99. The SMILES string of the molecule is C1CCNCC1.S=c1nc(COc2ccccc2Cl)[nH][nH]1. The van der Waals surface area contributed by atoms with E-state index in [1.54, 1.807) is 12.1 Å². The molecule has 0 aliphatic carbocycles. The smallest absolute Gasteiger partial charge is 0.213 e. The van der Waals surface area contributed by atoms with Gasteiger partial charge in [0.2, 0.25) is 4.77 Å². The molecule has 2 heterocycles. The highest BCUT2D eigenvalue weighted by molar-refractivity contribution is 7.71. The van der Waals surface area contributed by atoms with Crippen LogP contribution in [-0.2, 0) is 6.61 Å². The Morgan fingerprint density at radius 1 is 1.14 bits per heavy atom. The lowest BCUT2D eigenvalue weighted by atomic mass is 10.2. The third kappa shape index (κ3) is 5.87. The Bertz CT molecular complexity index is 583. The van der Waals surface area contributed by atoms with Crippen LogP contribution in [0.2, 0.25) is 5.02 Å². The molecule has 21 heavy (non-hydrogen) atoms. The zero-order valence-corrected chi connectivity index (χ0v) is 13.3. The van der Waals surface area contributed by atoms with Gasteiger partial charge in [-0.25, -0.2) is 4.98 Å². The van der Waals surface area contributed by atoms with Gasteiger partial charge >= 0.3 is 0 Å². The number of H-pyrrole nitrogens is 2. The summed E-state index contributed by atoms with van der Waals surface area (Å²) in [6.45, 7) is 2.80. The van der Waals surface area contributed by atoms with Gasteiger partial charge in [-0.15, -0.1) is 0 Å². The van der Waals surface area contributed by atoms with Gasteiger partial charge in [0.05, 0.1) is 5.02 Å². The van der Waals surface area contributed by atoms with E-state index in [0.717, 1.165) is 0 Å². The molecule has 0 saturated carbocycles. The molecule has 0 unspecified atom stereocenters. The predicted octanol–water partition coefficient (Wildman–Crippen LogP) is 3.46. The minimum absolute atomic E-state index is 0.302. The molecule has 3 rings (SSSR count). The lowest BCUT2D eigenvalue weighted by Gasteiger charge is -2.08. The Morgan fingerprint density at radius 2 is 1.90 bits per heavy atom. The Balaban J connectivity index is 0.000000225. The first-order chi connectivity index (χ1) is 10.3. The molecule has 0 spiro atoms. The second-order valence-electron chi connectivity index (χ2n) is 4.64. The van der Waals surface area contributed by atoms with Crippen molar-refractivity contribution in [1.29, 1.82) is 0 Å². The summed E-state index contributed by atoms with van der Waals surface area (Å²) < 4.78 is 5.85. The molecule has 5 nitrogen and oxygen atoms in total. The van der Waals surface area contributed by atoms with Crippen molar-refractivity contribution in [3.05, 3.63) is 39.9 Å². The largest absolute Gasteiger partial charge is 0.484 e. The standard InChI is InChI=1S/C9H8ClN3OS.C5H11N/c10-6-3-1-2-4-7(6)14-5-8-11-9(15)13-12-8;1-2-4-6-5-3-1/h1-4H,5H2,(H2,11,12,13,15);6H,1-5H2. The van der Waals surface area contributed by atoms with Gasteiger partial charge in [-0.2, -0.15) is 0 Å². The average molecular weight is 327 g/mol. The monoisotopic (exact) mass is 326 g/mol. The third-order valence-corrected chi connectivity index (χ3v) is 3.46. The van der Waals surface area contributed by atoms with Crippen molar-refractivity contribution in [2.75, 3.05) is 13.1 Å². The maximum Gasteiger partial charge on any atom is 0.213 e. The van der Waals surface area contributed by atoms with E-state index >= 15 is 0 Å². The van der Waals surface area contributed by atoms with Gasteiger partial charge in [0.15, 0.2) is 5.82 Å². The normalized spacial score (nSPS) is 14.1. The first-order valence-electron chi connectivity index (χ1n) is 6.97. The third-order valence-electron chi connectivity index (χ3n) is 2.96. The zero-order chi connectivity index (χ0) is 14.9. The maximum absolute atomic E-state index is 5.91. The highest BCUT2D eigenvalue weighted by Gasteiger charge is 2.01. The predicted molar refractivity (Wildman–Crippen MR) is 86.3 cm³/mol. The summed E-state index contributed by atoms with van der Waals surface area (Å²) in [6, 6.07) is 7.26. The highest BCUT2D eigenvalue weighted by Crippen LogP contribution is 2.23. The number of nitrogens with zero attached hydrogens (tertiary/aromatic N) is 1. The molecule has 1 aliphatic heterocycles. The van der Waals surface area contributed by atoms with Gasteiger partial charge in [0, 0.05) is 0 Å². The maximum atomic E-state index is 5.91. The molecular formula is C14H19ClN4OS. The molecule has 7 heteroatoms. The van der Waals surface area contributed by atoms with E-state index in [1.807, 2.05) is 12.1 Å². The summed E-state index contributed by atoms with van der Waals surface area (Å²) in [5.41, 5.74) is 0. The fourth-order valence-electron chi connectivity index (χ4n) is 1.88. The van der Waals surface area contributed by atoms with Crippen LogP contribution in [0.4, 0.5) is 0 Å². The van der Waals surface area contributed by atoms with Crippen LogP contribution in [0, 0.1) is 4.77 Å². The number of rotatable bonds is 3. The van der Waals surface area contributed by atoms with Crippen LogP contribution in [0.15, 0.2) is 24.3 Å². The van der Waals surface area contributed by atoms with Crippen LogP contribution in [0.25, 0.3) is 0 Å². The number of ether oxygens (including phenoxy) is 1. The first kappa shape index (κ1) is 16.0. The Hall–Kier alpha value is -1.37. The number of hydrogen-bond acceptors (Lipinski definition) is 4. The van der Waals surface area contributed by atoms with Crippen LogP contribution in [-0.4, -0.2) is 28.3 Å². The molecule has 3 N–H and O–H groups in total. The number of para-hydroxylation sites is 1. The van der Waals surface area contributed by atoms with E-state index in [2.05, 4.69) is 20.5 Å². The molecule has 114 valence electrons. The second kappa shape index (κ2) is 8.81. The topological polar surface area (TPSA) is 65.7 Å². The first-order valence-corrected chi connectivity index (χ1v) is 7.76. The molecule has 1 fully saturated rings. The number of aromatic nitrogens is 3. The molecule has 1 saturated heterocycles. The lowest BCUT2D eigenvalue weighted by molar-refractivity contribution is 0.296. The average Bonchev–Trinajstić information content (AvgIpc) is 2.94. The van der Waals surface area contributed by atoms with E-state index in [0.29, 0.717) is 28.0 Å². The van der Waals surface area contributed by atoms with Gasteiger partial charge in [-0.05, 0) is 50.3 Å². The molecule has 0 atom stereocenters. The minimum Gasteiger partial charge on any atom is -0.484 e. The Morgan fingerprint density at radius 3 is 2.43 bits per heavy atom. The number of halogens is 1. The fourth-order valence-corrected chi connectivity index (χ4v) is 2.23. The van der Waals surface area contributed by atoms with Crippen molar-refractivity contribution in [3.8, 4) is 5.75 Å². The summed E-state index contributed by atoms with van der Waals surface area (Å²) in [7, 11) is 0. The molecule has 1 aromatic heterocycles. The number of benzene rings is 1. The van der Waals surface area contributed by atoms with Crippen molar-refractivity contribution < 1.29 is 4.74 Å². The van der Waals surface area contributed by atoms with Crippen molar-refractivity contribution in [2.45, 2.75) is 25.9 Å². The minimum atomic E-state index is 0.302. The molecule has 0 bridgehead atoms. The van der Waals surface area contributed by atoms with Crippen LogP contribution in [0.5, 0.6) is 5.75 Å². The van der Waals surface area contributed by atoms with Crippen molar-refractivity contribution in [3.63, 3.8) is 0 Å². The Kier molecular flexibility index (Phi) is 6.72. The molecular weight excluding hydrogens is 308 g/mol. The van der Waals surface area contributed by atoms with Crippen LogP contribution < -0.4 is 10.1 Å². The number of piperidine rings is 1. The molecule has 1 aliphatic rings. The van der Waals surface area contributed by atoms with E-state index in [4.69, 9.17) is 28.6 Å². The zero-order valence-electron chi connectivity index (χ0n) is 11.7. The fraction of sp³-hybridized carbons (Fsp3) is 0.429. The van der Waals surface area contributed by atoms with E-state index < -0.39 is 0 Å². The molecule has 0 amide bonds. The van der Waals surface area contributed by atoms with E-state index in [9.17, 15) is 0 Å².